The van der Waals surface area contributed by atoms with Gasteiger partial charge in [-0.05, 0) is 31.0 Å². The van der Waals surface area contributed by atoms with Crippen LogP contribution in [0.2, 0.25) is 0 Å². The number of benzene rings is 1. The molecule has 1 heterocycles. The van der Waals surface area contributed by atoms with Crippen LogP contribution in [0, 0.1) is 0 Å². The maximum atomic E-state index is 11.5. The number of amides is 1. The topological polar surface area (TPSA) is 67.2 Å². The summed E-state index contributed by atoms with van der Waals surface area (Å²) in [6.45, 7) is 6.28. The fourth-order valence-corrected chi connectivity index (χ4v) is 3.46. The molecule has 0 aliphatic heterocycles. The summed E-state index contributed by atoms with van der Waals surface area (Å²) < 4.78 is 1.99. The van der Waals surface area contributed by atoms with Crippen molar-refractivity contribution in [2.75, 3.05) is 5.32 Å². The molecule has 1 aliphatic rings. The van der Waals surface area contributed by atoms with E-state index in [2.05, 4.69) is 23.1 Å². The summed E-state index contributed by atoms with van der Waals surface area (Å²) in [5.74, 6) is 0.576. The van der Waals surface area contributed by atoms with Crippen LogP contribution in [-0.4, -0.2) is 20.8 Å². The molecule has 25 heavy (non-hydrogen) atoms. The number of phenols is 1. The normalized spacial score (nSPS) is 14.6. The lowest BCUT2D eigenvalue weighted by Gasteiger charge is -2.10. The summed E-state index contributed by atoms with van der Waals surface area (Å²) in [7, 11) is 0. The molecule has 2 aromatic rings. The van der Waals surface area contributed by atoms with Gasteiger partial charge in [-0.25, -0.2) is 0 Å². The molecular weight excluding hydrogens is 314 g/mol. The summed E-state index contributed by atoms with van der Waals surface area (Å²) in [4.78, 5) is 11.5. The first kappa shape index (κ1) is 17.3. The number of anilines is 1. The van der Waals surface area contributed by atoms with Crippen LogP contribution in [0.5, 0.6) is 5.75 Å². The van der Waals surface area contributed by atoms with Crippen molar-refractivity contribution in [1.82, 2.24) is 9.78 Å². The van der Waals surface area contributed by atoms with Crippen molar-refractivity contribution in [2.24, 2.45) is 0 Å². The van der Waals surface area contributed by atoms with Gasteiger partial charge in [0.25, 0.3) is 0 Å². The zero-order valence-corrected chi connectivity index (χ0v) is 14.7. The van der Waals surface area contributed by atoms with Gasteiger partial charge in [-0.2, -0.15) is 5.10 Å². The Kier molecular flexibility index (Phi) is 5.22. The van der Waals surface area contributed by atoms with Crippen molar-refractivity contribution in [1.29, 1.82) is 0 Å². The molecule has 1 amide bonds. The first-order valence-corrected chi connectivity index (χ1v) is 8.94. The molecule has 1 aromatic heterocycles. The van der Waals surface area contributed by atoms with Gasteiger partial charge in [-0.1, -0.05) is 25.8 Å². The van der Waals surface area contributed by atoms with E-state index in [1.807, 2.05) is 10.8 Å². The molecule has 0 saturated heterocycles. The van der Waals surface area contributed by atoms with Gasteiger partial charge in [0.05, 0.1) is 12.2 Å². The van der Waals surface area contributed by atoms with E-state index in [1.165, 1.54) is 31.4 Å². The van der Waals surface area contributed by atoms with Gasteiger partial charge in [0.2, 0.25) is 5.91 Å². The minimum Gasteiger partial charge on any atom is -0.507 e. The number of nitrogens with zero attached hydrogens (tertiary/aromatic N) is 2. The van der Waals surface area contributed by atoms with E-state index in [9.17, 15) is 9.90 Å². The second-order valence-corrected chi connectivity index (χ2v) is 6.54. The third-order valence-electron chi connectivity index (χ3n) is 4.77. The van der Waals surface area contributed by atoms with Gasteiger partial charge in [-0.3, -0.25) is 9.48 Å². The highest BCUT2D eigenvalue weighted by molar-refractivity contribution is 5.91. The second kappa shape index (κ2) is 7.55. The van der Waals surface area contributed by atoms with Crippen molar-refractivity contribution in [3.05, 3.63) is 42.6 Å². The summed E-state index contributed by atoms with van der Waals surface area (Å²) in [5, 5.41) is 17.8. The highest BCUT2D eigenvalue weighted by atomic mass is 16.3. The first-order valence-electron chi connectivity index (χ1n) is 8.94. The number of hydrogen-bond acceptors (Lipinski definition) is 3. The average Bonchev–Trinajstić information content (AvgIpc) is 3.24. The van der Waals surface area contributed by atoms with E-state index >= 15 is 0 Å². The lowest BCUT2D eigenvalue weighted by atomic mass is 10.0. The first-order chi connectivity index (χ1) is 12.1. The fourth-order valence-electron chi connectivity index (χ4n) is 3.46. The van der Waals surface area contributed by atoms with Crippen molar-refractivity contribution in [3.63, 3.8) is 0 Å². The van der Waals surface area contributed by atoms with Crippen molar-refractivity contribution in [3.8, 4) is 17.0 Å². The molecule has 132 valence electrons. The van der Waals surface area contributed by atoms with E-state index in [0.29, 0.717) is 30.1 Å². The molecule has 5 nitrogen and oxygen atoms in total. The van der Waals surface area contributed by atoms with Crippen LogP contribution < -0.4 is 5.32 Å². The van der Waals surface area contributed by atoms with Crippen molar-refractivity contribution in [2.45, 2.75) is 51.5 Å². The molecule has 1 fully saturated rings. The van der Waals surface area contributed by atoms with Gasteiger partial charge in [0.1, 0.15) is 5.75 Å². The fraction of sp³-hybridized carbons (Fsp3) is 0.400. The van der Waals surface area contributed by atoms with Crippen molar-refractivity contribution >= 4 is 11.6 Å². The lowest BCUT2D eigenvalue weighted by Crippen LogP contribution is -2.09. The molecule has 5 heteroatoms. The zero-order valence-electron chi connectivity index (χ0n) is 14.7. The number of aromatic nitrogens is 2. The quantitative estimate of drug-likeness (QED) is 0.764. The molecule has 0 bridgehead atoms. The summed E-state index contributed by atoms with van der Waals surface area (Å²) in [6.07, 6.45) is 7.15. The van der Waals surface area contributed by atoms with Crippen LogP contribution in [-0.2, 0) is 11.3 Å². The second-order valence-electron chi connectivity index (χ2n) is 6.54. The predicted molar refractivity (Wildman–Crippen MR) is 99.7 cm³/mol. The number of rotatable bonds is 6. The smallest absolute Gasteiger partial charge is 0.224 e. The minimum absolute atomic E-state index is 0.0778. The Balaban J connectivity index is 1.91. The third kappa shape index (κ3) is 3.76. The molecular formula is C20H25N3O2. The van der Waals surface area contributed by atoms with Gasteiger partial charge in [0.15, 0.2) is 0 Å². The number of hydrogen-bond donors (Lipinski definition) is 2. The zero-order chi connectivity index (χ0) is 17.8. The lowest BCUT2D eigenvalue weighted by molar-refractivity contribution is -0.115. The number of aromatic hydroxyl groups is 1. The Morgan fingerprint density at radius 3 is 2.80 bits per heavy atom. The van der Waals surface area contributed by atoms with Gasteiger partial charge >= 0.3 is 0 Å². The Labute approximate surface area is 148 Å². The minimum atomic E-state index is -0.0778. The molecule has 2 N–H and O–H groups in total. The molecule has 1 aliphatic carbocycles. The maximum Gasteiger partial charge on any atom is 0.224 e. The number of carbonyl (C=O) groups excluding carboxylic acids is 1. The van der Waals surface area contributed by atoms with Crippen LogP contribution in [0.4, 0.5) is 5.69 Å². The Morgan fingerprint density at radius 1 is 1.40 bits per heavy atom. The van der Waals surface area contributed by atoms with Gasteiger partial charge in [-0.15, -0.1) is 6.58 Å². The number of carbonyl (C=O) groups is 1. The standard InChI is InChI=1S/C20H25N3O2/c1-3-11-23-18(14-7-5-6-8-14)13-17(22-23)16-10-9-15(12-19(16)24)21-20(25)4-2/h3,9-10,12-14,24H,1,4-8,11H2,2H3,(H,21,25). The van der Waals surface area contributed by atoms with Crippen LogP contribution in [0.3, 0.4) is 0 Å². The molecule has 1 saturated carbocycles. The van der Waals surface area contributed by atoms with Crippen LogP contribution >= 0.6 is 0 Å². The summed E-state index contributed by atoms with van der Waals surface area (Å²) in [5.41, 5.74) is 3.25. The number of allylic oxidation sites excluding steroid dienone is 1. The SMILES string of the molecule is C=CCn1nc(-c2ccc(NC(=O)CC)cc2O)cc1C1CCCC1. The summed E-state index contributed by atoms with van der Waals surface area (Å²) >= 11 is 0. The van der Waals surface area contributed by atoms with Gasteiger partial charge in [0, 0.05) is 35.3 Å². The Hall–Kier alpha value is -2.56. The third-order valence-corrected chi connectivity index (χ3v) is 4.77. The van der Waals surface area contributed by atoms with E-state index in [-0.39, 0.29) is 11.7 Å². The number of phenolic OH excluding ortho intramolecular Hbond substituents is 1. The predicted octanol–water partition coefficient (Wildman–Crippen LogP) is 4.45. The van der Waals surface area contributed by atoms with Crippen LogP contribution in [0.25, 0.3) is 11.3 Å². The van der Waals surface area contributed by atoms with E-state index < -0.39 is 0 Å². The van der Waals surface area contributed by atoms with E-state index in [1.54, 1.807) is 25.1 Å². The van der Waals surface area contributed by atoms with Crippen LogP contribution in [0.15, 0.2) is 36.9 Å². The monoisotopic (exact) mass is 339 g/mol. The van der Waals surface area contributed by atoms with E-state index in [4.69, 9.17) is 0 Å². The number of nitrogens with one attached hydrogen (secondary N) is 1. The summed E-state index contributed by atoms with van der Waals surface area (Å²) in [6, 6.07) is 7.26. The van der Waals surface area contributed by atoms with E-state index in [0.717, 1.165) is 5.69 Å². The van der Waals surface area contributed by atoms with Crippen LogP contribution in [0.1, 0.15) is 50.6 Å². The largest absolute Gasteiger partial charge is 0.507 e. The highest BCUT2D eigenvalue weighted by Crippen LogP contribution is 2.37. The molecule has 3 rings (SSSR count). The molecule has 0 radical (unpaired) electrons. The molecule has 1 aromatic carbocycles. The van der Waals surface area contributed by atoms with Crippen molar-refractivity contribution < 1.29 is 9.90 Å². The molecule has 0 unspecified atom stereocenters. The molecule has 0 spiro atoms. The highest BCUT2D eigenvalue weighted by Gasteiger charge is 2.23. The molecule has 0 atom stereocenters. The Morgan fingerprint density at radius 2 is 2.16 bits per heavy atom. The average molecular weight is 339 g/mol. The Bertz CT molecular complexity index is 773. The van der Waals surface area contributed by atoms with Gasteiger partial charge < -0.3 is 10.4 Å². The maximum absolute atomic E-state index is 11.5.